The molecule has 0 atom stereocenters. The molecule has 0 fully saturated rings. The normalized spacial score (nSPS) is 10.8. The fourth-order valence-corrected chi connectivity index (χ4v) is 3.32. The predicted octanol–water partition coefficient (Wildman–Crippen LogP) is 7.02. The molecule has 9 heteroatoms. The minimum absolute atomic E-state index is 0.219. The van der Waals surface area contributed by atoms with Crippen LogP contribution in [0.1, 0.15) is 11.1 Å². The molecule has 0 aliphatic rings. The van der Waals surface area contributed by atoms with Crippen molar-refractivity contribution in [2.75, 3.05) is 22.9 Å². The first-order valence-electron chi connectivity index (χ1n) is 11.7. The number of aliphatic imine (C=N–C) groups is 1. The van der Waals surface area contributed by atoms with Crippen LogP contribution in [0.3, 0.4) is 0 Å². The van der Waals surface area contributed by atoms with Gasteiger partial charge in [-0.2, -0.15) is 13.2 Å². The van der Waals surface area contributed by atoms with Crippen molar-refractivity contribution >= 4 is 45.4 Å². The average Bonchev–Trinajstić information content (AvgIpc) is 2.91. The molecular weight excluding hydrogens is 503 g/mol. The van der Waals surface area contributed by atoms with Gasteiger partial charge in [0.1, 0.15) is 5.75 Å². The van der Waals surface area contributed by atoms with Gasteiger partial charge < -0.3 is 28.0 Å². The maximum Gasteiger partial charge on any atom is 0.416 e. The molecule has 0 unspecified atom stereocenters. The Morgan fingerprint density at radius 2 is 1.08 bits per heavy atom. The SMILES string of the molecule is Nc1ccc(C(F)(F)F)cc1.Nc1ccc(N)cc1.Nc1ccc(N=Cc2ccccc2O)c2ccccc12. The largest absolute Gasteiger partial charge is 0.507 e. The number of alkyl halides is 3. The van der Waals surface area contributed by atoms with E-state index in [0.717, 1.165) is 45.7 Å². The second-order valence-electron chi connectivity index (χ2n) is 8.32. The molecule has 39 heavy (non-hydrogen) atoms. The van der Waals surface area contributed by atoms with Gasteiger partial charge in [0.2, 0.25) is 0 Å². The summed E-state index contributed by atoms with van der Waals surface area (Å²) in [7, 11) is 0. The molecule has 0 bridgehead atoms. The molecule has 0 saturated heterocycles. The number of halogens is 3. The standard InChI is InChI=1S/C17H14N2O.C7H6F3N.C6H8N2/c18-15-9-10-16(14-7-3-2-6-13(14)15)19-11-12-5-1-4-8-17(12)20;8-7(9,10)5-1-3-6(11)4-2-5;7-5-1-2-6(8)4-3-5/h1-11,20H,18H2;1-4H,11H2;1-4H,7-8H2. The number of hydrogen-bond acceptors (Lipinski definition) is 6. The Balaban J connectivity index is 0.000000185. The third-order valence-electron chi connectivity index (χ3n) is 5.39. The van der Waals surface area contributed by atoms with E-state index in [0.29, 0.717) is 11.3 Å². The summed E-state index contributed by atoms with van der Waals surface area (Å²) in [6.07, 6.45) is -2.61. The molecule has 0 aromatic heterocycles. The quantitative estimate of drug-likeness (QED) is 0.123. The number of rotatable bonds is 2. The lowest BCUT2D eigenvalue weighted by Crippen LogP contribution is -2.04. The van der Waals surface area contributed by atoms with Crippen LogP contribution in [0, 0.1) is 0 Å². The fraction of sp³-hybridized carbons (Fsp3) is 0.0333. The molecule has 0 saturated carbocycles. The molecular formula is C30H28F3N5O. The summed E-state index contributed by atoms with van der Waals surface area (Å²) in [4.78, 5) is 4.47. The Hall–Kier alpha value is -5.18. The highest BCUT2D eigenvalue weighted by molar-refractivity contribution is 6.01. The summed E-state index contributed by atoms with van der Waals surface area (Å²) in [6, 6.07) is 30.2. The Labute approximate surface area is 224 Å². The smallest absolute Gasteiger partial charge is 0.416 e. The van der Waals surface area contributed by atoms with Crippen molar-refractivity contribution in [1.29, 1.82) is 0 Å². The summed E-state index contributed by atoms with van der Waals surface area (Å²) in [5.41, 5.74) is 25.3. The third-order valence-corrected chi connectivity index (χ3v) is 5.39. The first-order valence-corrected chi connectivity index (χ1v) is 11.7. The number of nitrogen functional groups attached to an aromatic ring is 4. The number of nitrogens with zero attached hydrogens (tertiary/aromatic N) is 1. The number of fused-ring (bicyclic) bond motifs is 1. The van der Waals surface area contributed by atoms with Crippen LogP contribution in [0.15, 0.2) is 114 Å². The number of hydrogen-bond donors (Lipinski definition) is 5. The summed E-state index contributed by atoms with van der Waals surface area (Å²) in [5, 5.41) is 11.7. The van der Waals surface area contributed by atoms with E-state index in [1.165, 1.54) is 12.1 Å². The summed E-state index contributed by atoms with van der Waals surface area (Å²) >= 11 is 0. The van der Waals surface area contributed by atoms with Gasteiger partial charge in [0.05, 0.1) is 11.3 Å². The van der Waals surface area contributed by atoms with E-state index >= 15 is 0 Å². The van der Waals surface area contributed by atoms with Gasteiger partial charge >= 0.3 is 6.18 Å². The van der Waals surface area contributed by atoms with E-state index in [4.69, 9.17) is 22.9 Å². The molecule has 6 nitrogen and oxygen atoms in total. The van der Waals surface area contributed by atoms with Gasteiger partial charge in [-0.05, 0) is 72.8 Å². The first-order chi connectivity index (χ1) is 18.5. The molecule has 9 N–H and O–H groups in total. The lowest BCUT2D eigenvalue weighted by atomic mass is 10.1. The van der Waals surface area contributed by atoms with Crippen LogP contribution in [0.4, 0.5) is 41.6 Å². The van der Waals surface area contributed by atoms with Gasteiger partial charge in [-0.1, -0.05) is 36.4 Å². The number of phenols is 1. The van der Waals surface area contributed by atoms with Crippen LogP contribution < -0.4 is 22.9 Å². The van der Waals surface area contributed by atoms with E-state index in [9.17, 15) is 18.3 Å². The van der Waals surface area contributed by atoms with Crippen molar-refractivity contribution in [3.05, 3.63) is 120 Å². The summed E-state index contributed by atoms with van der Waals surface area (Å²) in [5.74, 6) is 0.219. The molecule has 0 heterocycles. The molecule has 0 aliphatic carbocycles. The minimum atomic E-state index is -4.27. The maximum atomic E-state index is 11.9. The number of anilines is 4. The maximum absolute atomic E-state index is 11.9. The number of phenolic OH excluding ortho intramolecular Hbond substituents is 1. The summed E-state index contributed by atoms with van der Waals surface area (Å²) < 4.78 is 35.6. The molecule has 0 spiro atoms. The van der Waals surface area contributed by atoms with Gasteiger partial charge in [-0.3, -0.25) is 4.99 Å². The van der Waals surface area contributed by atoms with Crippen LogP contribution in [0.2, 0.25) is 0 Å². The van der Waals surface area contributed by atoms with Gasteiger partial charge in [-0.15, -0.1) is 0 Å². The summed E-state index contributed by atoms with van der Waals surface area (Å²) in [6.45, 7) is 0. The molecule has 5 rings (SSSR count). The Morgan fingerprint density at radius 3 is 1.62 bits per heavy atom. The second kappa shape index (κ2) is 12.9. The zero-order valence-corrected chi connectivity index (χ0v) is 20.8. The highest BCUT2D eigenvalue weighted by Crippen LogP contribution is 2.31. The monoisotopic (exact) mass is 531 g/mol. The molecule has 5 aromatic carbocycles. The number of benzene rings is 5. The molecule has 0 amide bonds. The molecule has 0 radical (unpaired) electrons. The van der Waals surface area contributed by atoms with E-state index in [1.54, 1.807) is 42.6 Å². The van der Waals surface area contributed by atoms with Crippen LogP contribution >= 0.6 is 0 Å². The predicted molar refractivity (Wildman–Crippen MR) is 155 cm³/mol. The van der Waals surface area contributed by atoms with Crippen molar-refractivity contribution in [2.24, 2.45) is 4.99 Å². The number of aromatic hydroxyl groups is 1. The first kappa shape index (κ1) is 28.4. The Morgan fingerprint density at radius 1 is 0.590 bits per heavy atom. The van der Waals surface area contributed by atoms with E-state index in [2.05, 4.69) is 4.99 Å². The third kappa shape index (κ3) is 8.43. The van der Waals surface area contributed by atoms with Crippen molar-refractivity contribution < 1.29 is 18.3 Å². The number of para-hydroxylation sites is 1. The van der Waals surface area contributed by atoms with Gasteiger partial charge in [0.25, 0.3) is 0 Å². The highest BCUT2D eigenvalue weighted by Gasteiger charge is 2.29. The van der Waals surface area contributed by atoms with Gasteiger partial charge in [0.15, 0.2) is 0 Å². The molecule has 0 aliphatic heterocycles. The van der Waals surface area contributed by atoms with Crippen LogP contribution in [0.5, 0.6) is 5.75 Å². The Bertz CT molecular complexity index is 1510. The zero-order chi connectivity index (χ0) is 28.4. The average molecular weight is 532 g/mol. The Kier molecular flexibility index (Phi) is 9.37. The van der Waals surface area contributed by atoms with E-state index in [-0.39, 0.29) is 5.75 Å². The van der Waals surface area contributed by atoms with Gasteiger partial charge in [0, 0.05) is 45.3 Å². The van der Waals surface area contributed by atoms with Crippen LogP contribution in [-0.2, 0) is 6.18 Å². The molecule has 200 valence electrons. The van der Waals surface area contributed by atoms with Crippen molar-refractivity contribution in [1.82, 2.24) is 0 Å². The number of nitrogens with two attached hydrogens (primary N) is 4. The van der Waals surface area contributed by atoms with Crippen LogP contribution in [0.25, 0.3) is 10.8 Å². The van der Waals surface area contributed by atoms with Crippen molar-refractivity contribution in [3.8, 4) is 5.75 Å². The van der Waals surface area contributed by atoms with Gasteiger partial charge in [-0.25, -0.2) is 0 Å². The lowest BCUT2D eigenvalue weighted by molar-refractivity contribution is -0.137. The zero-order valence-electron chi connectivity index (χ0n) is 20.8. The van der Waals surface area contributed by atoms with E-state index in [1.807, 2.05) is 48.5 Å². The van der Waals surface area contributed by atoms with Crippen molar-refractivity contribution in [3.63, 3.8) is 0 Å². The van der Waals surface area contributed by atoms with E-state index < -0.39 is 11.7 Å². The minimum Gasteiger partial charge on any atom is -0.507 e. The highest BCUT2D eigenvalue weighted by atomic mass is 19.4. The topological polar surface area (TPSA) is 137 Å². The van der Waals surface area contributed by atoms with Crippen molar-refractivity contribution in [2.45, 2.75) is 6.18 Å². The van der Waals surface area contributed by atoms with Crippen LogP contribution in [-0.4, -0.2) is 11.3 Å². The lowest BCUT2D eigenvalue weighted by Gasteiger charge is -2.05. The fourth-order valence-electron chi connectivity index (χ4n) is 3.32. The second-order valence-corrected chi connectivity index (χ2v) is 8.32. The molecule has 5 aromatic rings.